The number of rotatable bonds is 18. The monoisotopic (exact) mass is 416 g/mol. The molecule has 0 rings (SSSR count). The van der Waals surface area contributed by atoms with Crippen LogP contribution in [0.25, 0.3) is 0 Å². The van der Waals surface area contributed by atoms with Crippen LogP contribution in [0.2, 0.25) is 0 Å². The fourth-order valence-corrected chi connectivity index (χ4v) is 4.15. The van der Waals surface area contributed by atoms with Gasteiger partial charge in [-0.1, -0.05) is 90.9 Å². The Kier molecular flexibility index (Phi) is 22.6. The zero-order valence-electron chi connectivity index (χ0n) is 17.5. The number of aliphatic hydroxyl groups is 1. The van der Waals surface area contributed by atoms with Gasteiger partial charge in [0.25, 0.3) is 0 Å². The molecule has 0 aromatic carbocycles. The van der Waals surface area contributed by atoms with Gasteiger partial charge < -0.3 is 9.66 Å². The Morgan fingerprint density at radius 1 is 0.692 bits per heavy atom. The molecule has 1 N–H and O–H groups in total. The summed E-state index contributed by atoms with van der Waals surface area (Å²) in [7, 11) is -4.25. The van der Waals surface area contributed by atoms with Crippen molar-refractivity contribution in [3.63, 3.8) is 0 Å². The van der Waals surface area contributed by atoms with Crippen LogP contribution >= 0.6 is 0 Å². The van der Waals surface area contributed by atoms with Gasteiger partial charge in [-0.15, -0.1) is 0 Å². The van der Waals surface area contributed by atoms with Crippen LogP contribution in [-0.2, 0) is 10.1 Å². The summed E-state index contributed by atoms with van der Waals surface area (Å²) in [5.41, 5.74) is 0. The van der Waals surface area contributed by atoms with Crippen LogP contribution in [-0.4, -0.2) is 29.4 Å². The molecule has 0 spiro atoms. The van der Waals surface area contributed by atoms with Crippen LogP contribution in [0.3, 0.4) is 0 Å². The van der Waals surface area contributed by atoms with E-state index in [-0.39, 0.29) is 51.4 Å². The SMILES string of the molecule is CCCCCCCCCCCC(CCC(O)CCCCC)S(=O)(=O)[O-].[K+]. The third-order valence-corrected chi connectivity index (χ3v) is 6.29. The molecule has 4 nitrogen and oxygen atoms in total. The Morgan fingerprint density at radius 2 is 1.12 bits per heavy atom. The molecule has 0 aromatic heterocycles. The summed E-state index contributed by atoms with van der Waals surface area (Å²) in [6.45, 7) is 4.32. The van der Waals surface area contributed by atoms with Gasteiger partial charge in [0.1, 0.15) is 0 Å². The van der Waals surface area contributed by atoms with Gasteiger partial charge in [0.15, 0.2) is 0 Å². The molecule has 0 saturated heterocycles. The quantitative estimate of drug-likeness (QED) is 0.212. The van der Waals surface area contributed by atoms with Gasteiger partial charge in [-0.2, -0.15) is 0 Å². The summed E-state index contributed by atoms with van der Waals surface area (Å²) in [5.74, 6) is 0. The first-order valence-corrected chi connectivity index (χ1v) is 12.0. The van der Waals surface area contributed by atoms with E-state index in [9.17, 15) is 18.1 Å². The third kappa shape index (κ3) is 18.9. The normalized spacial score (nSPS) is 14.0. The van der Waals surface area contributed by atoms with Gasteiger partial charge >= 0.3 is 51.4 Å². The van der Waals surface area contributed by atoms with Gasteiger partial charge in [0, 0.05) is 5.25 Å². The Bertz CT molecular complexity index is 387. The van der Waals surface area contributed by atoms with E-state index in [1.54, 1.807) is 0 Å². The maximum atomic E-state index is 11.4. The van der Waals surface area contributed by atoms with Gasteiger partial charge in [0.2, 0.25) is 0 Å². The van der Waals surface area contributed by atoms with Crippen LogP contribution in [0.15, 0.2) is 0 Å². The maximum Gasteiger partial charge on any atom is 1.00 e. The Labute approximate surface area is 205 Å². The topological polar surface area (TPSA) is 77.4 Å². The minimum absolute atomic E-state index is 0. The van der Waals surface area contributed by atoms with Crippen molar-refractivity contribution in [2.75, 3.05) is 0 Å². The van der Waals surface area contributed by atoms with Crippen molar-refractivity contribution in [3.8, 4) is 0 Å². The second kappa shape index (κ2) is 19.8. The van der Waals surface area contributed by atoms with Crippen molar-refractivity contribution in [1.82, 2.24) is 0 Å². The zero-order chi connectivity index (χ0) is 19.0. The summed E-state index contributed by atoms with van der Waals surface area (Å²) >= 11 is 0. The predicted molar refractivity (Wildman–Crippen MR) is 105 cm³/mol. The first-order valence-electron chi connectivity index (χ1n) is 10.5. The van der Waals surface area contributed by atoms with E-state index in [4.69, 9.17) is 0 Å². The fourth-order valence-electron chi connectivity index (χ4n) is 3.27. The Morgan fingerprint density at radius 3 is 1.62 bits per heavy atom. The average Bonchev–Trinajstić information content (AvgIpc) is 2.55. The van der Waals surface area contributed by atoms with Crippen molar-refractivity contribution in [3.05, 3.63) is 0 Å². The van der Waals surface area contributed by atoms with E-state index < -0.39 is 21.5 Å². The Balaban J connectivity index is 0. The molecule has 0 aliphatic heterocycles. The van der Waals surface area contributed by atoms with Crippen molar-refractivity contribution >= 4 is 10.1 Å². The van der Waals surface area contributed by atoms with Crippen molar-refractivity contribution in [2.45, 2.75) is 128 Å². The van der Waals surface area contributed by atoms with Crippen LogP contribution < -0.4 is 51.4 Å². The largest absolute Gasteiger partial charge is 1.00 e. The van der Waals surface area contributed by atoms with Gasteiger partial charge in [-0.3, -0.25) is 0 Å². The third-order valence-electron chi connectivity index (χ3n) is 5.00. The number of hydrogen-bond acceptors (Lipinski definition) is 4. The van der Waals surface area contributed by atoms with Crippen molar-refractivity contribution < 1.29 is 69.5 Å². The average molecular weight is 417 g/mol. The van der Waals surface area contributed by atoms with E-state index in [2.05, 4.69) is 13.8 Å². The molecule has 26 heavy (non-hydrogen) atoms. The molecule has 6 heteroatoms. The summed E-state index contributed by atoms with van der Waals surface area (Å²) in [6, 6.07) is 0. The van der Waals surface area contributed by atoms with E-state index in [0.29, 0.717) is 25.7 Å². The molecule has 0 heterocycles. The molecule has 152 valence electrons. The standard InChI is InChI=1S/C20H42O4S.K/c1-3-5-7-8-9-10-11-12-14-16-20(25(22,23)24)18-17-19(21)15-13-6-4-2;/h19-21H,3-18H2,1-2H3,(H,22,23,24);/q;+1/p-1. The molecule has 0 radical (unpaired) electrons. The second-order valence-corrected chi connectivity index (χ2v) is 9.11. The molecule has 0 bridgehead atoms. The molecular formula is C20H41KO4S. The predicted octanol–water partition coefficient (Wildman–Crippen LogP) is 2.55. The van der Waals surface area contributed by atoms with Gasteiger partial charge in [0.05, 0.1) is 16.2 Å². The minimum Gasteiger partial charge on any atom is -0.748 e. The summed E-state index contributed by atoms with van der Waals surface area (Å²) < 4.78 is 34.3. The number of hydrogen-bond donors (Lipinski definition) is 1. The van der Waals surface area contributed by atoms with Crippen molar-refractivity contribution in [2.24, 2.45) is 0 Å². The molecule has 0 fully saturated rings. The molecular weight excluding hydrogens is 375 g/mol. The van der Waals surface area contributed by atoms with Gasteiger partial charge in [-0.05, 0) is 25.7 Å². The molecule has 2 unspecified atom stereocenters. The summed E-state index contributed by atoms with van der Waals surface area (Å²) in [5, 5.41) is 9.10. The summed E-state index contributed by atoms with van der Waals surface area (Å²) in [4.78, 5) is 0. The maximum absolute atomic E-state index is 11.4. The van der Waals surface area contributed by atoms with E-state index in [1.807, 2.05) is 0 Å². The van der Waals surface area contributed by atoms with E-state index >= 15 is 0 Å². The van der Waals surface area contributed by atoms with Crippen molar-refractivity contribution in [1.29, 1.82) is 0 Å². The first kappa shape index (κ1) is 29.7. The van der Waals surface area contributed by atoms with Crippen LogP contribution in [0.4, 0.5) is 0 Å². The summed E-state index contributed by atoms with van der Waals surface area (Å²) in [6.07, 6.45) is 15.1. The Hall–Kier alpha value is 1.51. The molecule has 2 atom stereocenters. The smallest absolute Gasteiger partial charge is 0.748 e. The number of unbranched alkanes of at least 4 members (excludes halogenated alkanes) is 10. The number of aliphatic hydroxyl groups excluding tert-OH is 1. The fraction of sp³-hybridized carbons (Fsp3) is 1.00. The molecule has 0 aromatic rings. The zero-order valence-corrected chi connectivity index (χ0v) is 21.5. The minimum atomic E-state index is -4.25. The van der Waals surface area contributed by atoms with Crippen LogP contribution in [0, 0.1) is 0 Å². The molecule has 0 aliphatic rings. The second-order valence-electron chi connectivity index (χ2n) is 7.46. The van der Waals surface area contributed by atoms with E-state index in [0.717, 1.165) is 38.5 Å². The van der Waals surface area contributed by atoms with Crippen LogP contribution in [0.1, 0.15) is 117 Å². The first-order chi connectivity index (χ1) is 11.9. The van der Waals surface area contributed by atoms with E-state index in [1.165, 1.54) is 38.5 Å². The van der Waals surface area contributed by atoms with Crippen LogP contribution in [0.5, 0.6) is 0 Å². The molecule has 0 aliphatic carbocycles. The van der Waals surface area contributed by atoms with Gasteiger partial charge in [-0.25, -0.2) is 8.42 Å². The molecule has 0 amide bonds. The molecule has 0 saturated carbocycles.